The largest absolute Gasteiger partial charge is 0.504 e. The number of phenols is 2. The zero-order valence-corrected chi connectivity index (χ0v) is 9.44. The van der Waals surface area contributed by atoms with Gasteiger partial charge in [-0.2, -0.15) is 5.10 Å². The van der Waals surface area contributed by atoms with Crippen molar-refractivity contribution in [3.05, 3.63) is 23.8 Å². The van der Waals surface area contributed by atoms with Gasteiger partial charge in [-0.15, -0.1) is 5.10 Å². The average molecular weight is 251 g/mol. The molecule has 1 saturated heterocycles. The zero-order valence-electron chi connectivity index (χ0n) is 8.62. The summed E-state index contributed by atoms with van der Waals surface area (Å²) < 4.78 is 0. The van der Waals surface area contributed by atoms with E-state index >= 15 is 0 Å². The number of nitrogens with one attached hydrogen (secondary N) is 1. The Hall–Kier alpha value is -2.02. The number of carbonyl (C=O) groups is 1. The van der Waals surface area contributed by atoms with Gasteiger partial charge in [0.25, 0.3) is 0 Å². The Kier molecular flexibility index (Phi) is 3.29. The maximum absolute atomic E-state index is 10.8. The molecule has 88 valence electrons. The first-order valence-electron chi connectivity index (χ1n) is 4.71. The van der Waals surface area contributed by atoms with Crippen LogP contribution in [0.5, 0.6) is 11.5 Å². The first-order chi connectivity index (χ1) is 8.16. The molecule has 7 heteroatoms. The Morgan fingerprint density at radius 1 is 1.41 bits per heavy atom. The van der Waals surface area contributed by atoms with Gasteiger partial charge in [0.15, 0.2) is 16.7 Å². The molecule has 6 nitrogen and oxygen atoms in total. The van der Waals surface area contributed by atoms with Gasteiger partial charge in [-0.05, 0) is 12.1 Å². The second kappa shape index (κ2) is 4.88. The minimum absolute atomic E-state index is 0.107. The van der Waals surface area contributed by atoms with Crippen molar-refractivity contribution in [1.82, 2.24) is 5.32 Å². The maximum atomic E-state index is 10.8. The molecule has 0 aromatic heterocycles. The lowest BCUT2D eigenvalue weighted by molar-refractivity contribution is -0.116. The first-order valence-corrected chi connectivity index (χ1v) is 5.70. The molecule has 0 radical (unpaired) electrons. The molecule has 0 atom stereocenters. The molecule has 1 heterocycles. The van der Waals surface area contributed by atoms with Crippen molar-refractivity contribution in [3.63, 3.8) is 0 Å². The molecule has 0 aliphatic carbocycles. The molecule has 0 saturated carbocycles. The van der Waals surface area contributed by atoms with Gasteiger partial charge in [0.05, 0.1) is 12.0 Å². The van der Waals surface area contributed by atoms with Gasteiger partial charge in [-0.3, -0.25) is 4.79 Å². The lowest BCUT2D eigenvalue weighted by Gasteiger charge is -1.99. The fourth-order valence-corrected chi connectivity index (χ4v) is 1.81. The second-order valence-electron chi connectivity index (χ2n) is 3.20. The zero-order chi connectivity index (χ0) is 12.3. The number of hydrogen-bond acceptors (Lipinski definition) is 6. The average Bonchev–Trinajstić information content (AvgIpc) is 2.70. The topological polar surface area (TPSA) is 94.3 Å². The smallest absolute Gasteiger partial charge is 0.236 e. The molecule has 1 aliphatic rings. The number of benzene rings is 1. The molecule has 1 aliphatic heterocycles. The van der Waals surface area contributed by atoms with Crippen LogP contribution in [-0.4, -0.2) is 33.3 Å². The number of phenolic OH excluding ortho intramolecular Hbond substituents is 2. The Bertz CT molecular complexity index is 514. The normalized spacial score (nSPS) is 17.9. The van der Waals surface area contributed by atoms with E-state index in [2.05, 4.69) is 15.5 Å². The molecule has 17 heavy (non-hydrogen) atoms. The number of rotatable bonds is 2. The van der Waals surface area contributed by atoms with Crippen molar-refractivity contribution in [2.75, 3.05) is 5.75 Å². The third kappa shape index (κ3) is 2.76. The Morgan fingerprint density at radius 3 is 2.94 bits per heavy atom. The number of para-hydroxylation sites is 1. The molecule has 0 bridgehead atoms. The molecule has 3 N–H and O–H groups in total. The van der Waals surface area contributed by atoms with Gasteiger partial charge in [0, 0.05) is 5.56 Å². The van der Waals surface area contributed by atoms with E-state index in [1.165, 1.54) is 24.0 Å². The summed E-state index contributed by atoms with van der Waals surface area (Å²) in [5, 5.41) is 29.1. The fourth-order valence-electron chi connectivity index (χ4n) is 1.18. The Balaban J connectivity index is 2.11. The van der Waals surface area contributed by atoms with Crippen LogP contribution in [0.25, 0.3) is 0 Å². The summed E-state index contributed by atoms with van der Waals surface area (Å²) in [4.78, 5) is 10.8. The van der Waals surface area contributed by atoms with Gasteiger partial charge in [0.1, 0.15) is 0 Å². The lowest BCUT2D eigenvalue weighted by Crippen LogP contribution is -2.19. The van der Waals surface area contributed by atoms with Crippen LogP contribution in [0.2, 0.25) is 0 Å². The Morgan fingerprint density at radius 2 is 2.24 bits per heavy atom. The fraction of sp³-hybridized carbons (Fsp3) is 0.100. The van der Waals surface area contributed by atoms with E-state index in [9.17, 15) is 15.0 Å². The van der Waals surface area contributed by atoms with E-state index in [1.807, 2.05) is 0 Å². The van der Waals surface area contributed by atoms with Crippen molar-refractivity contribution in [3.8, 4) is 11.5 Å². The third-order valence-electron chi connectivity index (χ3n) is 1.98. The van der Waals surface area contributed by atoms with Gasteiger partial charge in [-0.25, -0.2) is 0 Å². The van der Waals surface area contributed by atoms with Crippen LogP contribution in [0.15, 0.2) is 28.4 Å². The molecular weight excluding hydrogens is 242 g/mol. The number of amides is 1. The molecule has 1 amide bonds. The van der Waals surface area contributed by atoms with Gasteiger partial charge in [0.2, 0.25) is 5.91 Å². The van der Waals surface area contributed by atoms with Crippen molar-refractivity contribution >= 4 is 29.1 Å². The molecule has 0 spiro atoms. The number of thioether (sulfide) groups is 1. The Labute approximate surface area is 101 Å². The van der Waals surface area contributed by atoms with Crippen LogP contribution < -0.4 is 5.32 Å². The van der Waals surface area contributed by atoms with Crippen molar-refractivity contribution in [2.45, 2.75) is 0 Å². The molecular formula is C10H9N3O3S. The molecule has 2 rings (SSSR count). The van der Waals surface area contributed by atoms with Crippen LogP contribution >= 0.6 is 11.8 Å². The molecule has 1 fully saturated rings. The second-order valence-corrected chi connectivity index (χ2v) is 4.17. The third-order valence-corrected chi connectivity index (χ3v) is 2.84. The highest BCUT2D eigenvalue weighted by Gasteiger charge is 2.15. The SMILES string of the molecule is O=C1CSC(=NN=Cc2cccc(O)c2O)N1. The minimum atomic E-state index is -0.250. The molecule has 0 unspecified atom stereocenters. The highest BCUT2D eigenvalue weighted by atomic mass is 32.2. The maximum Gasteiger partial charge on any atom is 0.236 e. The van der Waals surface area contributed by atoms with Gasteiger partial charge < -0.3 is 15.5 Å². The number of aromatic hydroxyl groups is 2. The van der Waals surface area contributed by atoms with Gasteiger partial charge in [-0.1, -0.05) is 17.8 Å². The van der Waals surface area contributed by atoms with Crippen molar-refractivity contribution in [1.29, 1.82) is 0 Å². The van der Waals surface area contributed by atoms with E-state index < -0.39 is 0 Å². The summed E-state index contributed by atoms with van der Waals surface area (Å²) in [6.45, 7) is 0. The number of nitrogens with zero attached hydrogens (tertiary/aromatic N) is 2. The summed E-state index contributed by atoms with van der Waals surface area (Å²) in [5.41, 5.74) is 0.351. The number of carbonyl (C=O) groups excluding carboxylic acids is 1. The summed E-state index contributed by atoms with van der Waals surface area (Å²) in [5.74, 6) is -0.236. The minimum Gasteiger partial charge on any atom is -0.504 e. The van der Waals surface area contributed by atoms with Crippen molar-refractivity contribution < 1.29 is 15.0 Å². The van der Waals surface area contributed by atoms with Crippen LogP contribution in [-0.2, 0) is 4.79 Å². The quantitative estimate of drug-likeness (QED) is 0.408. The van der Waals surface area contributed by atoms with E-state index in [-0.39, 0.29) is 17.4 Å². The van der Waals surface area contributed by atoms with E-state index in [0.29, 0.717) is 16.5 Å². The predicted octanol–water partition coefficient (Wildman–Crippen LogP) is 0.651. The van der Waals surface area contributed by atoms with Crippen LogP contribution in [0.4, 0.5) is 0 Å². The summed E-state index contributed by atoms with van der Waals surface area (Å²) >= 11 is 1.26. The summed E-state index contributed by atoms with van der Waals surface area (Å²) in [6, 6.07) is 4.53. The molecule has 1 aromatic rings. The highest BCUT2D eigenvalue weighted by molar-refractivity contribution is 8.15. The number of amidine groups is 1. The van der Waals surface area contributed by atoms with Crippen LogP contribution in [0, 0.1) is 0 Å². The summed E-state index contributed by atoms with van der Waals surface area (Å²) in [7, 11) is 0. The van der Waals surface area contributed by atoms with Crippen LogP contribution in [0.1, 0.15) is 5.56 Å². The standard InChI is InChI=1S/C10H9N3O3S/c14-7-3-1-2-6(9(7)16)4-11-13-10-12-8(15)5-17-10/h1-4,14,16H,5H2,(H,12,13,15). The summed E-state index contributed by atoms with van der Waals surface area (Å²) in [6.07, 6.45) is 1.30. The number of hydrogen-bond donors (Lipinski definition) is 3. The van der Waals surface area contributed by atoms with E-state index in [1.54, 1.807) is 12.1 Å². The van der Waals surface area contributed by atoms with Gasteiger partial charge >= 0.3 is 0 Å². The molecule has 1 aromatic carbocycles. The highest BCUT2D eigenvalue weighted by Crippen LogP contribution is 2.26. The van der Waals surface area contributed by atoms with Crippen LogP contribution in [0.3, 0.4) is 0 Å². The monoisotopic (exact) mass is 251 g/mol. The van der Waals surface area contributed by atoms with E-state index in [0.717, 1.165) is 0 Å². The van der Waals surface area contributed by atoms with Crippen molar-refractivity contribution in [2.24, 2.45) is 10.2 Å². The lowest BCUT2D eigenvalue weighted by atomic mass is 10.2. The first kappa shape index (κ1) is 11.5. The predicted molar refractivity (Wildman–Crippen MR) is 65.4 cm³/mol. The van der Waals surface area contributed by atoms with E-state index in [4.69, 9.17) is 0 Å².